The van der Waals surface area contributed by atoms with Crippen molar-refractivity contribution in [3.63, 3.8) is 0 Å². The van der Waals surface area contributed by atoms with E-state index in [4.69, 9.17) is 21.1 Å². The molecule has 1 aliphatic heterocycles. The van der Waals surface area contributed by atoms with Crippen LogP contribution in [0.15, 0.2) is 18.2 Å². The van der Waals surface area contributed by atoms with Crippen molar-refractivity contribution in [1.29, 1.82) is 0 Å². The van der Waals surface area contributed by atoms with Gasteiger partial charge in [-0.3, -0.25) is 0 Å². The van der Waals surface area contributed by atoms with Gasteiger partial charge in [-0.2, -0.15) is 0 Å². The Hall–Kier alpha value is -1.49. The molecule has 22 heavy (non-hydrogen) atoms. The first-order chi connectivity index (χ1) is 10.3. The second-order valence-corrected chi connectivity index (χ2v) is 6.74. The van der Waals surface area contributed by atoms with Gasteiger partial charge in [0.05, 0.1) is 5.02 Å². The molecule has 1 amide bonds. The third-order valence-corrected chi connectivity index (χ3v) is 3.60. The maximum absolute atomic E-state index is 13.8. The SMILES string of the molecule is CC(C)(C)OC(=O)N1CCC(Oc2cccc(Cl)c2F)CC1. The fraction of sp³-hybridized carbons (Fsp3) is 0.562. The summed E-state index contributed by atoms with van der Waals surface area (Å²) in [4.78, 5) is 13.6. The molecule has 0 unspecified atom stereocenters. The minimum atomic E-state index is -0.543. The summed E-state index contributed by atoms with van der Waals surface area (Å²) >= 11 is 5.73. The van der Waals surface area contributed by atoms with Crippen LogP contribution in [0.2, 0.25) is 5.02 Å². The van der Waals surface area contributed by atoms with Crippen LogP contribution in [0.4, 0.5) is 9.18 Å². The zero-order chi connectivity index (χ0) is 16.3. The molecule has 1 aromatic rings. The van der Waals surface area contributed by atoms with E-state index in [0.717, 1.165) is 0 Å². The summed E-state index contributed by atoms with van der Waals surface area (Å²) in [6.45, 7) is 6.57. The number of hydrogen-bond acceptors (Lipinski definition) is 3. The summed E-state index contributed by atoms with van der Waals surface area (Å²) in [6, 6.07) is 4.69. The molecule has 0 spiro atoms. The standard InChI is InChI=1S/C16H21ClFNO3/c1-16(2,3)22-15(20)19-9-7-11(8-10-19)21-13-6-4-5-12(17)14(13)18/h4-6,11H,7-10H2,1-3H3. The van der Waals surface area contributed by atoms with Crippen LogP contribution in [-0.2, 0) is 4.74 Å². The number of amides is 1. The summed E-state index contributed by atoms with van der Waals surface area (Å²) in [5, 5.41) is 0.0451. The predicted octanol–water partition coefficient (Wildman–Crippen LogP) is 4.26. The van der Waals surface area contributed by atoms with Crippen LogP contribution in [0.1, 0.15) is 33.6 Å². The van der Waals surface area contributed by atoms with Gasteiger partial charge in [0.2, 0.25) is 0 Å². The van der Waals surface area contributed by atoms with Gasteiger partial charge in [0.1, 0.15) is 11.7 Å². The van der Waals surface area contributed by atoms with Crippen LogP contribution >= 0.6 is 11.6 Å². The lowest BCUT2D eigenvalue weighted by Crippen LogP contribution is -2.44. The Morgan fingerprint density at radius 3 is 2.55 bits per heavy atom. The molecule has 2 rings (SSSR count). The Labute approximate surface area is 135 Å². The van der Waals surface area contributed by atoms with Crippen molar-refractivity contribution in [2.45, 2.75) is 45.3 Å². The van der Waals surface area contributed by atoms with Crippen molar-refractivity contribution >= 4 is 17.7 Å². The third-order valence-electron chi connectivity index (χ3n) is 3.30. The molecular formula is C16H21ClFNO3. The Morgan fingerprint density at radius 2 is 1.95 bits per heavy atom. The average Bonchev–Trinajstić information content (AvgIpc) is 2.43. The lowest BCUT2D eigenvalue weighted by Gasteiger charge is -2.33. The first-order valence-corrected chi connectivity index (χ1v) is 7.72. The van der Waals surface area contributed by atoms with Crippen LogP contribution in [0.25, 0.3) is 0 Å². The van der Waals surface area contributed by atoms with Crippen LogP contribution in [-0.4, -0.2) is 35.8 Å². The quantitative estimate of drug-likeness (QED) is 0.814. The van der Waals surface area contributed by atoms with Gasteiger partial charge >= 0.3 is 6.09 Å². The van der Waals surface area contributed by atoms with Crippen LogP contribution in [0, 0.1) is 5.82 Å². The lowest BCUT2D eigenvalue weighted by molar-refractivity contribution is 0.0123. The molecule has 0 aliphatic carbocycles. The van der Waals surface area contributed by atoms with Gasteiger partial charge in [0, 0.05) is 25.9 Å². The number of piperidine rings is 1. The molecule has 1 fully saturated rings. The second-order valence-electron chi connectivity index (χ2n) is 6.34. The van der Waals surface area contributed by atoms with Crippen molar-refractivity contribution in [2.75, 3.05) is 13.1 Å². The molecular weight excluding hydrogens is 309 g/mol. The van der Waals surface area contributed by atoms with Crippen LogP contribution in [0.5, 0.6) is 5.75 Å². The molecule has 0 aromatic heterocycles. The number of rotatable bonds is 2. The van der Waals surface area contributed by atoms with E-state index in [9.17, 15) is 9.18 Å². The monoisotopic (exact) mass is 329 g/mol. The fourth-order valence-corrected chi connectivity index (χ4v) is 2.40. The largest absolute Gasteiger partial charge is 0.487 e. The molecule has 4 nitrogen and oxygen atoms in total. The molecule has 1 saturated heterocycles. The zero-order valence-electron chi connectivity index (χ0n) is 13.1. The summed E-state index contributed by atoms with van der Waals surface area (Å²) in [7, 11) is 0. The van der Waals surface area contributed by atoms with E-state index in [0.29, 0.717) is 25.9 Å². The van der Waals surface area contributed by atoms with E-state index >= 15 is 0 Å². The van der Waals surface area contributed by atoms with Gasteiger partial charge in [-0.25, -0.2) is 9.18 Å². The molecule has 0 atom stereocenters. The third kappa shape index (κ3) is 4.50. The van der Waals surface area contributed by atoms with E-state index in [1.807, 2.05) is 20.8 Å². The summed E-state index contributed by atoms with van der Waals surface area (Å²) in [5.74, 6) is -0.387. The number of carbonyl (C=O) groups excluding carboxylic acids is 1. The highest BCUT2D eigenvalue weighted by atomic mass is 35.5. The molecule has 122 valence electrons. The first-order valence-electron chi connectivity index (χ1n) is 7.35. The van der Waals surface area contributed by atoms with Crippen molar-refractivity contribution in [2.24, 2.45) is 0 Å². The highest BCUT2D eigenvalue weighted by molar-refractivity contribution is 6.30. The Morgan fingerprint density at radius 1 is 1.32 bits per heavy atom. The van der Waals surface area contributed by atoms with Gasteiger partial charge < -0.3 is 14.4 Å². The summed E-state index contributed by atoms with van der Waals surface area (Å²) in [6.07, 6.45) is 0.808. The van der Waals surface area contributed by atoms with E-state index in [-0.39, 0.29) is 23.0 Å². The minimum Gasteiger partial charge on any atom is -0.487 e. The van der Waals surface area contributed by atoms with Gasteiger partial charge in [-0.1, -0.05) is 17.7 Å². The number of likely N-dealkylation sites (tertiary alicyclic amines) is 1. The molecule has 1 aromatic carbocycles. The van der Waals surface area contributed by atoms with E-state index in [1.165, 1.54) is 6.07 Å². The van der Waals surface area contributed by atoms with Gasteiger partial charge in [0.25, 0.3) is 0 Å². The number of benzene rings is 1. The smallest absolute Gasteiger partial charge is 0.410 e. The number of carbonyl (C=O) groups is 1. The molecule has 1 heterocycles. The number of nitrogens with zero attached hydrogens (tertiary/aromatic N) is 1. The number of halogens is 2. The van der Waals surface area contributed by atoms with Gasteiger partial charge in [-0.15, -0.1) is 0 Å². The number of hydrogen-bond donors (Lipinski definition) is 0. The highest BCUT2D eigenvalue weighted by Gasteiger charge is 2.28. The Kier molecular flexibility index (Phi) is 5.16. The van der Waals surface area contributed by atoms with E-state index in [2.05, 4.69) is 0 Å². The predicted molar refractivity (Wildman–Crippen MR) is 82.9 cm³/mol. The summed E-state index contributed by atoms with van der Waals surface area (Å²) < 4.78 is 24.8. The first kappa shape index (κ1) is 16.9. The lowest BCUT2D eigenvalue weighted by atomic mass is 10.1. The maximum atomic E-state index is 13.8. The summed E-state index contributed by atoms with van der Waals surface area (Å²) in [5.41, 5.74) is -0.506. The molecule has 0 bridgehead atoms. The normalized spacial score (nSPS) is 16.5. The van der Waals surface area contributed by atoms with Crippen molar-refractivity contribution < 1.29 is 18.7 Å². The van der Waals surface area contributed by atoms with Crippen LogP contribution < -0.4 is 4.74 Å². The molecule has 1 aliphatic rings. The van der Waals surface area contributed by atoms with Crippen LogP contribution in [0.3, 0.4) is 0 Å². The zero-order valence-corrected chi connectivity index (χ0v) is 13.8. The second kappa shape index (κ2) is 6.73. The minimum absolute atomic E-state index is 0.0451. The Balaban J connectivity index is 1.87. The van der Waals surface area contributed by atoms with Crippen molar-refractivity contribution in [3.8, 4) is 5.75 Å². The molecule has 6 heteroatoms. The molecule has 0 saturated carbocycles. The highest BCUT2D eigenvalue weighted by Crippen LogP contribution is 2.27. The van der Waals surface area contributed by atoms with E-state index < -0.39 is 11.4 Å². The van der Waals surface area contributed by atoms with E-state index in [1.54, 1.807) is 17.0 Å². The molecule has 0 N–H and O–H groups in total. The topological polar surface area (TPSA) is 38.8 Å². The maximum Gasteiger partial charge on any atom is 0.410 e. The average molecular weight is 330 g/mol. The van der Waals surface area contributed by atoms with Gasteiger partial charge in [0.15, 0.2) is 11.6 Å². The van der Waals surface area contributed by atoms with Gasteiger partial charge in [-0.05, 0) is 32.9 Å². The van der Waals surface area contributed by atoms with Crippen molar-refractivity contribution in [3.05, 3.63) is 29.0 Å². The van der Waals surface area contributed by atoms with Crippen molar-refractivity contribution in [1.82, 2.24) is 4.90 Å². The fourth-order valence-electron chi connectivity index (χ4n) is 2.24. The Bertz CT molecular complexity index is 537. The molecule has 0 radical (unpaired) electrons. The number of ether oxygens (including phenoxy) is 2.